The minimum absolute atomic E-state index is 0.293. The number of hydrogen-bond donors (Lipinski definition) is 1. The lowest BCUT2D eigenvalue weighted by Gasteiger charge is -2.25. The van der Waals surface area contributed by atoms with Gasteiger partial charge in [0.15, 0.2) is 6.10 Å². The van der Waals surface area contributed by atoms with Gasteiger partial charge >= 0.3 is 5.97 Å². The Morgan fingerprint density at radius 2 is 1.92 bits per heavy atom. The second-order valence-corrected chi connectivity index (χ2v) is 5.61. The first kappa shape index (κ1) is 20.9. The molecule has 0 aromatic heterocycles. The summed E-state index contributed by atoms with van der Waals surface area (Å²) in [4.78, 5) is 11.9. The van der Waals surface area contributed by atoms with E-state index in [1.54, 1.807) is 19.3 Å². The molecule has 1 aromatic carbocycles. The van der Waals surface area contributed by atoms with Crippen LogP contribution in [0.4, 0.5) is 0 Å². The number of esters is 1. The van der Waals surface area contributed by atoms with E-state index in [9.17, 15) is 9.90 Å². The third-order valence-corrected chi connectivity index (χ3v) is 3.69. The van der Waals surface area contributed by atoms with E-state index in [0.717, 1.165) is 17.7 Å². The number of allylic oxidation sites excluding steroid dienone is 1. The van der Waals surface area contributed by atoms with Gasteiger partial charge in [0.2, 0.25) is 0 Å². The van der Waals surface area contributed by atoms with E-state index >= 15 is 0 Å². The first-order chi connectivity index (χ1) is 12.1. The summed E-state index contributed by atoms with van der Waals surface area (Å²) in [5.41, 5.74) is 0.962. The number of hydrogen-bond acceptors (Lipinski definition) is 5. The molecular weight excluding hydrogens is 320 g/mol. The van der Waals surface area contributed by atoms with Crippen molar-refractivity contribution in [2.75, 3.05) is 13.7 Å². The average molecular weight is 348 g/mol. The molecule has 0 saturated heterocycles. The fourth-order valence-electron chi connectivity index (χ4n) is 2.27. The number of aliphatic hydroxyl groups excluding tert-OH is 1. The molecule has 0 amide bonds. The van der Waals surface area contributed by atoms with Crippen molar-refractivity contribution in [3.8, 4) is 5.75 Å². The van der Waals surface area contributed by atoms with Gasteiger partial charge in [-0.2, -0.15) is 0 Å². The van der Waals surface area contributed by atoms with Crippen LogP contribution in [0.1, 0.15) is 31.2 Å². The average Bonchev–Trinajstić information content (AvgIpc) is 2.64. The van der Waals surface area contributed by atoms with Gasteiger partial charge in [-0.25, -0.2) is 0 Å². The van der Waals surface area contributed by atoms with Crippen LogP contribution in [0, 0.1) is 0 Å². The number of rotatable bonds is 13. The Hall–Kier alpha value is -2.11. The highest BCUT2D eigenvalue weighted by Gasteiger charge is 2.24. The molecule has 0 spiro atoms. The summed E-state index contributed by atoms with van der Waals surface area (Å²) in [7, 11) is 1.61. The van der Waals surface area contributed by atoms with Gasteiger partial charge in [-0.15, -0.1) is 13.2 Å². The highest BCUT2D eigenvalue weighted by Crippen LogP contribution is 2.16. The molecule has 1 aromatic rings. The predicted octanol–water partition coefficient (Wildman–Crippen LogP) is 3.42. The molecular formula is C20H28O5. The van der Waals surface area contributed by atoms with E-state index in [1.807, 2.05) is 24.3 Å². The van der Waals surface area contributed by atoms with Crippen LogP contribution in [-0.4, -0.2) is 37.0 Å². The number of unbranched alkanes of at least 4 members (excludes halogenated alkanes) is 1. The van der Waals surface area contributed by atoms with Gasteiger partial charge in [0.1, 0.15) is 11.9 Å². The number of methoxy groups -OCH3 is 1. The van der Waals surface area contributed by atoms with Crippen LogP contribution >= 0.6 is 0 Å². The molecule has 25 heavy (non-hydrogen) atoms. The Labute approximate surface area is 149 Å². The Morgan fingerprint density at radius 1 is 1.20 bits per heavy atom. The van der Waals surface area contributed by atoms with Gasteiger partial charge in [0.25, 0.3) is 0 Å². The maximum absolute atomic E-state index is 11.9. The smallest absolute Gasteiger partial charge is 0.306 e. The van der Waals surface area contributed by atoms with Crippen molar-refractivity contribution in [2.45, 2.75) is 44.5 Å². The summed E-state index contributed by atoms with van der Waals surface area (Å²) >= 11 is 0. The first-order valence-corrected chi connectivity index (χ1v) is 8.41. The van der Waals surface area contributed by atoms with Crippen LogP contribution in [0.15, 0.2) is 49.6 Å². The molecule has 0 unspecified atom stereocenters. The van der Waals surface area contributed by atoms with E-state index < -0.39 is 12.2 Å². The Kier molecular flexibility index (Phi) is 10.3. The van der Waals surface area contributed by atoms with E-state index in [2.05, 4.69) is 13.2 Å². The van der Waals surface area contributed by atoms with E-state index in [4.69, 9.17) is 14.2 Å². The largest absolute Gasteiger partial charge is 0.497 e. The molecule has 2 atom stereocenters. The Morgan fingerprint density at radius 3 is 2.48 bits per heavy atom. The van der Waals surface area contributed by atoms with Crippen LogP contribution in [0.25, 0.3) is 0 Å². The van der Waals surface area contributed by atoms with Gasteiger partial charge in [-0.3, -0.25) is 4.79 Å². The zero-order valence-electron chi connectivity index (χ0n) is 14.9. The molecule has 0 bridgehead atoms. The molecule has 0 heterocycles. The van der Waals surface area contributed by atoms with Gasteiger partial charge in [0.05, 0.1) is 20.3 Å². The molecule has 1 rings (SSSR count). The molecule has 0 aliphatic rings. The third kappa shape index (κ3) is 8.01. The monoisotopic (exact) mass is 348 g/mol. The minimum atomic E-state index is -0.715. The number of carbonyl (C=O) groups is 1. The molecule has 0 radical (unpaired) electrons. The Balaban J connectivity index is 2.59. The van der Waals surface area contributed by atoms with Crippen molar-refractivity contribution in [2.24, 2.45) is 0 Å². The van der Waals surface area contributed by atoms with Gasteiger partial charge < -0.3 is 19.3 Å². The quantitative estimate of drug-likeness (QED) is 0.336. The summed E-state index contributed by atoms with van der Waals surface area (Å²) in [6, 6.07) is 7.51. The van der Waals surface area contributed by atoms with Gasteiger partial charge in [-0.05, 0) is 37.0 Å². The number of aliphatic hydroxyl groups is 1. The maximum atomic E-state index is 11.9. The fraction of sp³-hybridized carbons (Fsp3) is 0.450. The summed E-state index contributed by atoms with van der Waals surface area (Å²) < 4.78 is 16.3. The third-order valence-electron chi connectivity index (χ3n) is 3.69. The van der Waals surface area contributed by atoms with Crippen LogP contribution in [0.2, 0.25) is 0 Å². The molecule has 0 aliphatic carbocycles. The van der Waals surface area contributed by atoms with Crippen LogP contribution in [-0.2, 0) is 20.9 Å². The van der Waals surface area contributed by atoms with Crippen molar-refractivity contribution >= 4 is 5.97 Å². The highest BCUT2D eigenvalue weighted by molar-refractivity contribution is 5.69. The number of ether oxygens (including phenoxy) is 3. The molecule has 1 N–H and O–H groups in total. The van der Waals surface area contributed by atoms with E-state index in [1.165, 1.54) is 0 Å². The maximum Gasteiger partial charge on any atom is 0.306 e. The Bertz CT molecular complexity index is 523. The SMILES string of the molecule is C=CCCCC(=O)O[C@H](CO)[C@H](CC=C)OCc1ccc(OC)cc1. The topological polar surface area (TPSA) is 65.0 Å². The van der Waals surface area contributed by atoms with Crippen LogP contribution in [0.5, 0.6) is 5.75 Å². The van der Waals surface area contributed by atoms with E-state index in [0.29, 0.717) is 25.9 Å². The van der Waals surface area contributed by atoms with Crippen molar-refractivity contribution in [3.05, 3.63) is 55.1 Å². The van der Waals surface area contributed by atoms with Gasteiger partial charge in [-0.1, -0.05) is 24.3 Å². The molecule has 0 fully saturated rings. The summed E-state index contributed by atoms with van der Waals surface area (Å²) in [5.74, 6) is 0.427. The normalized spacial score (nSPS) is 12.9. The standard InChI is InChI=1S/C20H28O5/c1-4-6-7-9-20(22)25-19(14-21)18(8-5-2)24-15-16-10-12-17(23-3)13-11-16/h4-5,10-13,18-19,21H,1-2,6-9,14-15H2,3H3/t18-,19+/m0/s1. The van der Waals surface area contributed by atoms with Crippen molar-refractivity contribution in [1.29, 1.82) is 0 Å². The zero-order valence-corrected chi connectivity index (χ0v) is 14.9. The lowest BCUT2D eigenvalue weighted by atomic mass is 10.1. The lowest BCUT2D eigenvalue weighted by Crippen LogP contribution is -2.36. The van der Waals surface area contributed by atoms with Crippen LogP contribution < -0.4 is 4.74 Å². The molecule has 0 aliphatic heterocycles. The highest BCUT2D eigenvalue weighted by atomic mass is 16.6. The first-order valence-electron chi connectivity index (χ1n) is 8.41. The second-order valence-electron chi connectivity index (χ2n) is 5.61. The summed E-state index contributed by atoms with van der Waals surface area (Å²) in [5, 5.41) is 9.58. The van der Waals surface area contributed by atoms with Crippen molar-refractivity contribution < 1.29 is 24.1 Å². The van der Waals surface area contributed by atoms with Crippen molar-refractivity contribution in [3.63, 3.8) is 0 Å². The minimum Gasteiger partial charge on any atom is -0.497 e. The molecule has 0 saturated carbocycles. The molecule has 5 heteroatoms. The fourth-order valence-corrected chi connectivity index (χ4v) is 2.27. The van der Waals surface area contributed by atoms with Crippen molar-refractivity contribution in [1.82, 2.24) is 0 Å². The lowest BCUT2D eigenvalue weighted by molar-refractivity contribution is -0.162. The number of benzene rings is 1. The molecule has 138 valence electrons. The molecule has 5 nitrogen and oxygen atoms in total. The number of carbonyl (C=O) groups excluding carboxylic acids is 1. The summed E-state index contributed by atoms with van der Waals surface area (Å²) in [6.45, 7) is 7.37. The zero-order chi connectivity index (χ0) is 18.5. The van der Waals surface area contributed by atoms with Gasteiger partial charge in [0, 0.05) is 6.42 Å². The second kappa shape index (κ2) is 12.3. The summed E-state index contributed by atoms with van der Waals surface area (Å²) in [6.07, 6.45) is 4.48. The van der Waals surface area contributed by atoms with E-state index in [-0.39, 0.29) is 12.6 Å². The predicted molar refractivity (Wildman–Crippen MR) is 97.4 cm³/mol. The van der Waals surface area contributed by atoms with Crippen LogP contribution in [0.3, 0.4) is 0 Å².